The third-order valence-electron chi connectivity index (χ3n) is 2.62. The summed E-state index contributed by atoms with van der Waals surface area (Å²) < 4.78 is 5.32. The topological polar surface area (TPSA) is 87.7 Å². The Hall–Kier alpha value is -2.24. The number of hydrogen-bond acceptors (Lipinski definition) is 3. The molecule has 1 aromatic carbocycles. The van der Waals surface area contributed by atoms with Gasteiger partial charge in [-0.3, -0.25) is 0 Å². The first-order valence-corrected chi connectivity index (χ1v) is 6.47. The minimum atomic E-state index is -1.06. The van der Waals surface area contributed by atoms with Gasteiger partial charge in [0.2, 0.25) is 0 Å². The van der Waals surface area contributed by atoms with Gasteiger partial charge in [0.15, 0.2) is 0 Å². The lowest BCUT2D eigenvalue weighted by Crippen LogP contribution is -2.46. The van der Waals surface area contributed by atoms with Crippen LogP contribution in [-0.2, 0) is 4.79 Å². The lowest BCUT2D eigenvalue weighted by molar-refractivity contribution is -0.140. The quantitative estimate of drug-likeness (QED) is 0.746. The van der Waals surface area contributed by atoms with Crippen molar-refractivity contribution in [1.29, 1.82) is 0 Å². The van der Waals surface area contributed by atoms with E-state index in [-0.39, 0.29) is 5.92 Å². The van der Waals surface area contributed by atoms with Crippen molar-refractivity contribution in [2.75, 3.05) is 11.9 Å². The fourth-order valence-electron chi connectivity index (χ4n) is 1.65. The number of hydrogen-bond donors (Lipinski definition) is 3. The van der Waals surface area contributed by atoms with Crippen LogP contribution < -0.4 is 15.4 Å². The summed E-state index contributed by atoms with van der Waals surface area (Å²) in [5.74, 6) is -0.616. The third kappa shape index (κ3) is 4.79. The second-order valence-corrected chi connectivity index (χ2v) is 4.62. The molecule has 0 fully saturated rings. The summed E-state index contributed by atoms with van der Waals surface area (Å²) in [7, 11) is 0. The number of carbonyl (C=O) groups excluding carboxylic acids is 1. The molecular weight excluding hydrogens is 260 g/mol. The van der Waals surface area contributed by atoms with Crippen molar-refractivity contribution in [3.63, 3.8) is 0 Å². The predicted octanol–water partition coefficient (Wildman–Crippen LogP) is 2.32. The van der Waals surface area contributed by atoms with Crippen LogP contribution in [0.1, 0.15) is 20.8 Å². The summed E-state index contributed by atoms with van der Waals surface area (Å²) in [6.07, 6.45) is 0. The van der Waals surface area contributed by atoms with Gasteiger partial charge < -0.3 is 20.5 Å². The molecule has 0 radical (unpaired) electrons. The minimum Gasteiger partial charge on any atom is -0.494 e. The van der Waals surface area contributed by atoms with E-state index in [4.69, 9.17) is 9.84 Å². The van der Waals surface area contributed by atoms with Crippen LogP contribution in [0.2, 0.25) is 0 Å². The van der Waals surface area contributed by atoms with E-state index in [1.165, 1.54) is 0 Å². The highest BCUT2D eigenvalue weighted by atomic mass is 16.5. The lowest BCUT2D eigenvalue weighted by Gasteiger charge is -2.18. The van der Waals surface area contributed by atoms with Crippen molar-refractivity contribution < 1.29 is 19.4 Å². The maximum atomic E-state index is 11.8. The van der Waals surface area contributed by atoms with Gasteiger partial charge in [-0.1, -0.05) is 19.9 Å². The minimum absolute atomic E-state index is 0.201. The van der Waals surface area contributed by atoms with Crippen LogP contribution in [0.3, 0.4) is 0 Å². The predicted molar refractivity (Wildman–Crippen MR) is 76.0 cm³/mol. The molecular formula is C14H20N2O4. The number of aliphatic carboxylic acids is 1. The Morgan fingerprint density at radius 1 is 1.35 bits per heavy atom. The highest BCUT2D eigenvalue weighted by Crippen LogP contribution is 2.17. The molecule has 0 bridgehead atoms. The number of rotatable bonds is 6. The number of urea groups is 1. The van der Waals surface area contributed by atoms with E-state index in [1.807, 2.05) is 6.92 Å². The van der Waals surface area contributed by atoms with Crippen LogP contribution in [0.4, 0.5) is 10.5 Å². The zero-order valence-electron chi connectivity index (χ0n) is 11.8. The van der Waals surface area contributed by atoms with Crippen LogP contribution in [0.25, 0.3) is 0 Å². The number of carboxylic acid groups (broad SMARTS) is 1. The highest BCUT2D eigenvalue weighted by Gasteiger charge is 2.23. The molecule has 6 heteroatoms. The largest absolute Gasteiger partial charge is 0.494 e. The van der Waals surface area contributed by atoms with Gasteiger partial charge in [-0.25, -0.2) is 9.59 Å². The van der Waals surface area contributed by atoms with E-state index in [9.17, 15) is 9.59 Å². The first-order valence-electron chi connectivity index (χ1n) is 6.47. The first kappa shape index (κ1) is 15.8. The zero-order chi connectivity index (χ0) is 15.1. The molecule has 1 aromatic rings. The van der Waals surface area contributed by atoms with Gasteiger partial charge in [0, 0.05) is 11.8 Å². The summed E-state index contributed by atoms with van der Waals surface area (Å²) in [4.78, 5) is 22.8. The van der Waals surface area contributed by atoms with Gasteiger partial charge in [0.05, 0.1) is 6.61 Å². The molecule has 0 aliphatic rings. The summed E-state index contributed by atoms with van der Waals surface area (Å²) in [5.41, 5.74) is 0.543. The number of nitrogens with one attached hydrogen (secondary N) is 2. The van der Waals surface area contributed by atoms with Gasteiger partial charge in [-0.15, -0.1) is 0 Å². The number of anilines is 1. The van der Waals surface area contributed by atoms with Gasteiger partial charge in [-0.05, 0) is 25.0 Å². The first-order chi connectivity index (χ1) is 9.43. The van der Waals surface area contributed by atoms with Crippen LogP contribution in [0, 0.1) is 5.92 Å². The maximum Gasteiger partial charge on any atom is 0.326 e. The molecule has 0 aliphatic carbocycles. The summed E-state index contributed by atoms with van der Waals surface area (Å²) in [6, 6.07) is 5.42. The molecule has 0 spiro atoms. The van der Waals surface area contributed by atoms with E-state index < -0.39 is 18.0 Å². The molecule has 1 atom stereocenters. The summed E-state index contributed by atoms with van der Waals surface area (Å²) >= 11 is 0. The Balaban J connectivity index is 2.66. The Morgan fingerprint density at radius 3 is 2.60 bits per heavy atom. The molecule has 110 valence electrons. The van der Waals surface area contributed by atoms with Crippen LogP contribution in [0.15, 0.2) is 24.3 Å². The third-order valence-corrected chi connectivity index (χ3v) is 2.62. The smallest absolute Gasteiger partial charge is 0.326 e. The van der Waals surface area contributed by atoms with Crippen LogP contribution in [0.5, 0.6) is 5.75 Å². The number of amides is 2. The average molecular weight is 280 g/mol. The number of carboxylic acids is 1. The van der Waals surface area contributed by atoms with Gasteiger partial charge in [-0.2, -0.15) is 0 Å². The Labute approximate surface area is 118 Å². The van der Waals surface area contributed by atoms with Crippen molar-refractivity contribution >= 4 is 17.7 Å². The molecule has 1 rings (SSSR count). The molecule has 3 N–H and O–H groups in total. The molecule has 0 saturated carbocycles. The van der Waals surface area contributed by atoms with Crippen molar-refractivity contribution in [2.24, 2.45) is 5.92 Å². The molecule has 0 saturated heterocycles. The van der Waals surface area contributed by atoms with Crippen molar-refractivity contribution in [1.82, 2.24) is 5.32 Å². The monoisotopic (exact) mass is 280 g/mol. The van der Waals surface area contributed by atoms with Crippen molar-refractivity contribution in [3.05, 3.63) is 24.3 Å². The normalized spacial score (nSPS) is 11.8. The van der Waals surface area contributed by atoms with E-state index in [2.05, 4.69) is 10.6 Å². The molecule has 0 aromatic heterocycles. The second kappa shape index (κ2) is 7.37. The van der Waals surface area contributed by atoms with E-state index >= 15 is 0 Å². The number of benzene rings is 1. The molecule has 0 aliphatic heterocycles. The molecule has 6 nitrogen and oxygen atoms in total. The second-order valence-electron chi connectivity index (χ2n) is 4.62. The van der Waals surface area contributed by atoms with Gasteiger partial charge in [0.25, 0.3) is 0 Å². The standard InChI is InChI=1S/C14H20N2O4/c1-4-20-11-7-5-6-10(8-11)15-14(19)16-12(9(2)3)13(17)18/h5-9,12H,4H2,1-3H3,(H,17,18)(H2,15,16,19)/t12-/m1/s1. The van der Waals surface area contributed by atoms with Gasteiger partial charge >= 0.3 is 12.0 Å². The van der Waals surface area contributed by atoms with Gasteiger partial charge in [0.1, 0.15) is 11.8 Å². The molecule has 20 heavy (non-hydrogen) atoms. The van der Waals surface area contributed by atoms with E-state index in [0.717, 1.165) is 0 Å². The Bertz CT molecular complexity index is 474. The summed E-state index contributed by atoms with van der Waals surface area (Å²) in [6.45, 7) is 5.86. The molecule has 2 amide bonds. The lowest BCUT2D eigenvalue weighted by atomic mass is 10.1. The number of ether oxygens (including phenoxy) is 1. The number of carbonyl (C=O) groups is 2. The fourth-order valence-corrected chi connectivity index (χ4v) is 1.65. The van der Waals surface area contributed by atoms with E-state index in [0.29, 0.717) is 18.0 Å². The Morgan fingerprint density at radius 2 is 2.05 bits per heavy atom. The summed E-state index contributed by atoms with van der Waals surface area (Å²) in [5, 5.41) is 14.0. The fraction of sp³-hybridized carbons (Fsp3) is 0.429. The molecule has 0 heterocycles. The molecule has 0 unspecified atom stereocenters. The van der Waals surface area contributed by atoms with Crippen molar-refractivity contribution in [2.45, 2.75) is 26.8 Å². The van der Waals surface area contributed by atoms with Crippen LogP contribution >= 0.6 is 0 Å². The maximum absolute atomic E-state index is 11.8. The van der Waals surface area contributed by atoms with Crippen molar-refractivity contribution in [3.8, 4) is 5.75 Å². The Kier molecular flexibility index (Phi) is 5.83. The highest BCUT2D eigenvalue weighted by molar-refractivity contribution is 5.92. The van der Waals surface area contributed by atoms with Crippen LogP contribution in [-0.4, -0.2) is 29.8 Å². The average Bonchev–Trinajstić information content (AvgIpc) is 2.36. The van der Waals surface area contributed by atoms with E-state index in [1.54, 1.807) is 38.1 Å². The zero-order valence-corrected chi connectivity index (χ0v) is 11.8. The SMILES string of the molecule is CCOc1cccc(NC(=O)N[C@@H](C(=O)O)C(C)C)c1.